The maximum Gasteiger partial charge on any atom is 0.0755 e. The summed E-state index contributed by atoms with van der Waals surface area (Å²) in [5.74, 6) is 2.24. The molecule has 1 saturated carbocycles. The zero-order chi connectivity index (χ0) is 15.5. The van der Waals surface area contributed by atoms with Gasteiger partial charge < -0.3 is 10.2 Å². The summed E-state index contributed by atoms with van der Waals surface area (Å²) >= 11 is 0. The molecular weight excluding hydrogens is 248 g/mol. The van der Waals surface area contributed by atoms with Crippen LogP contribution in [0.2, 0.25) is 0 Å². The Morgan fingerprint density at radius 2 is 1.80 bits per heavy atom. The first-order valence-corrected chi connectivity index (χ1v) is 8.17. The van der Waals surface area contributed by atoms with Crippen molar-refractivity contribution < 1.29 is 10.2 Å². The van der Waals surface area contributed by atoms with Gasteiger partial charge in [0.05, 0.1) is 12.7 Å². The Hall–Kier alpha value is -0.340. The third kappa shape index (κ3) is 4.60. The standard InChI is InChI=1S/C18H34O2/c1-12(2)15-8-7-13(3)9-16(15)17(20)10-14(11-19)18(4,5)6/h10,12-13,15-17,19-20H,7-9,11H2,1-6H3/b14-10+/t13-,15+,16-,17-/m1/s1. The fraction of sp³-hybridized carbons (Fsp3) is 0.889. The lowest BCUT2D eigenvalue weighted by molar-refractivity contribution is 0.0413. The predicted molar refractivity (Wildman–Crippen MR) is 85.5 cm³/mol. The van der Waals surface area contributed by atoms with Crippen LogP contribution in [-0.2, 0) is 0 Å². The fourth-order valence-electron chi connectivity index (χ4n) is 3.54. The molecule has 1 fully saturated rings. The van der Waals surface area contributed by atoms with Gasteiger partial charge in [-0.1, -0.05) is 54.0 Å². The van der Waals surface area contributed by atoms with E-state index in [4.69, 9.17) is 0 Å². The van der Waals surface area contributed by atoms with Gasteiger partial charge in [-0.15, -0.1) is 0 Å². The molecule has 0 aromatic heterocycles. The molecule has 0 aliphatic heterocycles. The van der Waals surface area contributed by atoms with E-state index in [-0.39, 0.29) is 12.0 Å². The molecule has 0 spiro atoms. The van der Waals surface area contributed by atoms with Crippen LogP contribution in [0.15, 0.2) is 11.6 Å². The van der Waals surface area contributed by atoms with E-state index in [1.807, 2.05) is 6.08 Å². The molecule has 2 nitrogen and oxygen atoms in total. The molecule has 1 rings (SSSR count). The van der Waals surface area contributed by atoms with Crippen LogP contribution in [0.4, 0.5) is 0 Å². The molecule has 2 N–H and O–H groups in total. The zero-order valence-corrected chi connectivity index (χ0v) is 14.2. The molecule has 4 atom stereocenters. The quantitative estimate of drug-likeness (QED) is 0.765. The molecule has 0 bridgehead atoms. The molecule has 1 aliphatic rings. The minimum atomic E-state index is -0.425. The first kappa shape index (κ1) is 17.7. The third-order valence-corrected chi connectivity index (χ3v) is 5.02. The van der Waals surface area contributed by atoms with E-state index >= 15 is 0 Å². The molecule has 0 heterocycles. The van der Waals surface area contributed by atoms with Crippen molar-refractivity contribution in [2.24, 2.45) is 29.1 Å². The van der Waals surface area contributed by atoms with Gasteiger partial charge in [0, 0.05) is 0 Å². The summed E-state index contributed by atoms with van der Waals surface area (Å²) < 4.78 is 0. The highest BCUT2D eigenvalue weighted by molar-refractivity contribution is 5.14. The topological polar surface area (TPSA) is 40.5 Å². The molecule has 0 radical (unpaired) electrons. The van der Waals surface area contributed by atoms with Crippen molar-refractivity contribution in [3.8, 4) is 0 Å². The minimum absolute atomic E-state index is 0.0369. The maximum absolute atomic E-state index is 10.7. The molecule has 1 aliphatic carbocycles. The molecule has 20 heavy (non-hydrogen) atoms. The molecule has 2 heteroatoms. The Morgan fingerprint density at radius 3 is 2.25 bits per heavy atom. The van der Waals surface area contributed by atoms with Gasteiger partial charge >= 0.3 is 0 Å². The van der Waals surface area contributed by atoms with Crippen molar-refractivity contribution in [1.29, 1.82) is 0 Å². The third-order valence-electron chi connectivity index (χ3n) is 5.02. The maximum atomic E-state index is 10.7. The van der Waals surface area contributed by atoms with Crippen LogP contribution in [0.25, 0.3) is 0 Å². The van der Waals surface area contributed by atoms with Crippen LogP contribution in [0.3, 0.4) is 0 Å². The summed E-state index contributed by atoms with van der Waals surface area (Å²) in [5.41, 5.74) is 0.870. The highest BCUT2D eigenvalue weighted by Crippen LogP contribution is 2.40. The first-order valence-electron chi connectivity index (χ1n) is 8.17. The van der Waals surface area contributed by atoms with Crippen LogP contribution in [0.1, 0.15) is 60.8 Å². The minimum Gasteiger partial charge on any atom is -0.392 e. The lowest BCUT2D eigenvalue weighted by Gasteiger charge is -2.39. The largest absolute Gasteiger partial charge is 0.392 e. The van der Waals surface area contributed by atoms with E-state index in [0.717, 1.165) is 12.0 Å². The van der Waals surface area contributed by atoms with Crippen molar-refractivity contribution in [2.75, 3.05) is 6.61 Å². The number of aliphatic hydroxyl groups is 2. The second-order valence-corrected chi connectivity index (χ2v) is 8.08. The van der Waals surface area contributed by atoms with Crippen molar-refractivity contribution in [1.82, 2.24) is 0 Å². The smallest absolute Gasteiger partial charge is 0.0755 e. The predicted octanol–water partition coefficient (Wildman–Crippen LogP) is 4.02. The SMILES string of the molecule is CC(C)[C@@H]1CC[C@@H](C)C[C@H]1[C@H](O)/C=C(\CO)C(C)(C)C. The highest BCUT2D eigenvalue weighted by atomic mass is 16.3. The summed E-state index contributed by atoms with van der Waals surface area (Å²) in [7, 11) is 0. The Morgan fingerprint density at radius 1 is 1.20 bits per heavy atom. The van der Waals surface area contributed by atoms with Crippen LogP contribution in [-0.4, -0.2) is 22.9 Å². The molecule has 0 aromatic rings. The molecule has 0 aromatic carbocycles. The number of hydrogen-bond donors (Lipinski definition) is 2. The van der Waals surface area contributed by atoms with Crippen molar-refractivity contribution in [3.05, 3.63) is 11.6 Å². The van der Waals surface area contributed by atoms with E-state index in [1.54, 1.807) is 0 Å². The average Bonchev–Trinajstić information content (AvgIpc) is 2.33. The Kier molecular flexibility index (Phi) is 6.27. The van der Waals surface area contributed by atoms with E-state index < -0.39 is 6.10 Å². The molecule has 118 valence electrons. The zero-order valence-electron chi connectivity index (χ0n) is 14.2. The second-order valence-electron chi connectivity index (χ2n) is 8.08. The number of aliphatic hydroxyl groups excluding tert-OH is 2. The van der Waals surface area contributed by atoms with E-state index in [2.05, 4.69) is 41.5 Å². The molecule has 0 unspecified atom stereocenters. The van der Waals surface area contributed by atoms with Crippen LogP contribution >= 0.6 is 0 Å². The van der Waals surface area contributed by atoms with Gasteiger partial charge in [-0.3, -0.25) is 0 Å². The number of rotatable bonds is 4. The van der Waals surface area contributed by atoms with Gasteiger partial charge in [0.25, 0.3) is 0 Å². The molecule has 0 saturated heterocycles. The molecule has 0 amide bonds. The summed E-state index contributed by atoms with van der Waals surface area (Å²) in [6.45, 7) is 13.1. The summed E-state index contributed by atoms with van der Waals surface area (Å²) in [5, 5.41) is 20.2. The van der Waals surface area contributed by atoms with Crippen molar-refractivity contribution >= 4 is 0 Å². The van der Waals surface area contributed by atoms with Crippen molar-refractivity contribution in [3.63, 3.8) is 0 Å². The molecular formula is C18H34O2. The Bertz CT molecular complexity index is 325. The Labute approximate surface area is 125 Å². The van der Waals surface area contributed by atoms with Gasteiger partial charge in [0.1, 0.15) is 0 Å². The fourth-order valence-corrected chi connectivity index (χ4v) is 3.54. The lowest BCUT2D eigenvalue weighted by Crippen LogP contribution is -2.35. The lowest BCUT2D eigenvalue weighted by atomic mass is 9.67. The van der Waals surface area contributed by atoms with Gasteiger partial charge in [-0.2, -0.15) is 0 Å². The van der Waals surface area contributed by atoms with Crippen LogP contribution < -0.4 is 0 Å². The van der Waals surface area contributed by atoms with Gasteiger partial charge in [0.15, 0.2) is 0 Å². The highest BCUT2D eigenvalue weighted by Gasteiger charge is 2.35. The monoisotopic (exact) mass is 282 g/mol. The van der Waals surface area contributed by atoms with Gasteiger partial charge in [0.2, 0.25) is 0 Å². The van der Waals surface area contributed by atoms with Crippen LogP contribution in [0, 0.1) is 29.1 Å². The number of hydrogen-bond acceptors (Lipinski definition) is 2. The van der Waals surface area contributed by atoms with Gasteiger partial charge in [-0.25, -0.2) is 0 Å². The summed E-state index contributed by atoms with van der Waals surface area (Å²) in [4.78, 5) is 0. The normalized spacial score (nSPS) is 30.6. The van der Waals surface area contributed by atoms with E-state index in [0.29, 0.717) is 23.7 Å². The second kappa shape index (κ2) is 7.09. The van der Waals surface area contributed by atoms with Crippen LogP contribution in [0.5, 0.6) is 0 Å². The first-order chi connectivity index (χ1) is 9.16. The van der Waals surface area contributed by atoms with Gasteiger partial charge in [-0.05, 0) is 47.5 Å². The summed E-state index contributed by atoms with van der Waals surface area (Å²) in [6.07, 6.45) is 5.10. The van der Waals surface area contributed by atoms with E-state index in [9.17, 15) is 10.2 Å². The van der Waals surface area contributed by atoms with E-state index in [1.165, 1.54) is 12.8 Å². The average molecular weight is 282 g/mol. The Balaban J connectivity index is 2.91. The van der Waals surface area contributed by atoms with Crippen molar-refractivity contribution in [2.45, 2.75) is 66.9 Å². The summed E-state index contributed by atoms with van der Waals surface area (Å²) in [6, 6.07) is 0.